The Kier molecular flexibility index (Phi) is 4.81. The molecule has 0 spiro atoms. The second kappa shape index (κ2) is 7.00. The summed E-state index contributed by atoms with van der Waals surface area (Å²) in [6.07, 6.45) is 3.47. The standard InChI is InChI=1S/C17H22FN5/c1-13(2)17-20-7-5-16(21-17)23-10-8-22(9-11-23)12-15-14(18)4-3-6-19-15/h3-7,13H,8-12H2,1-2H3. The zero-order chi connectivity index (χ0) is 16.2. The summed E-state index contributed by atoms with van der Waals surface area (Å²) in [4.78, 5) is 17.6. The zero-order valence-electron chi connectivity index (χ0n) is 13.6. The summed E-state index contributed by atoms with van der Waals surface area (Å²) in [6.45, 7) is 8.25. The van der Waals surface area contributed by atoms with Crippen molar-refractivity contribution in [2.45, 2.75) is 26.3 Å². The van der Waals surface area contributed by atoms with E-state index < -0.39 is 0 Å². The van der Waals surface area contributed by atoms with E-state index in [0.29, 0.717) is 18.2 Å². The van der Waals surface area contributed by atoms with Crippen molar-refractivity contribution >= 4 is 5.82 Å². The zero-order valence-corrected chi connectivity index (χ0v) is 13.6. The van der Waals surface area contributed by atoms with Gasteiger partial charge in [-0.3, -0.25) is 9.88 Å². The fraction of sp³-hybridized carbons (Fsp3) is 0.471. The molecule has 0 aromatic carbocycles. The molecular formula is C17H22FN5. The van der Waals surface area contributed by atoms with Gasteiger partial charge in [-0.15, -0.1) is 0 Å². The molecule has 122 valence electrons. The highest BCUT2D eigenvalue weighted by Gasteiger charge is 2.20. The molecule has 0 bridgehead atoms. The maximum absolute atomic E-state index is 13.7. The topological polar surface area (TPSA) is 45.2 Å². The number of aromatic nitrogens is 3. The largest absolute Gasteiger partial charge is 0.354 e. The van der Waals surface area contributed by atoms with Gasteiger partial charge in [-0.1, -0.05) is 13.8 Å². The molecule has 1 aliphatic rings. The first-order valence-electron chi connectivity index (χ1n) is 8.03. The van der Waals surface area contributed by atoms with Crippen LogP contribution < -0.4 is 4.90 Å². The molecule has 0 aliphatic carbocycles. The average Bonchev–Trinajstić information content (AvgIpc) is 2.58. The highest BCUT2D eigenvalue weighted by molar-refractivity contribution is 5.38. The molecule has 0 N–H and O–H groups in total. The fourth-order valence-electron chi connectivity index (χ4n) is 2.70. The van der Waals surface area contributed by atoms with Crippen LogP contribution in [0.3, 0.4) is 0 Å². The Morgan fingerprint density at radius 3 is 2.57 bits per heavy atom. The van der Waals surface area contributed by atoms with Gasteiger partial charge in [0.05, 0.1) is 5.69 Å². The summed E-state index contributed by atoms with van der Waals surface area (Å²) in [5, 5.41) is 0. The SMILES string of the molecule is CC(C)c1nccc(N2CCN(Cc3ncccc3F)CC2)n1. The molecule has 0 unspecified atom stereocenters. The van der Waals surface area contributed by atoms with Gasteiger partial charge < -0.3 is 4.90 Å². The van der Waals surface area contributed by atoms with Crippen molar-refractivity contribution in [3.63, 3.8) is 0 Å². The van der Waals surface area contributed by atoms with Crippen LogP contribution in [-0.4, -0.2) is 46.0 Å². The van der Waals surface area contributed by atoms with Crippen LogP contribution in [0.4, 0.5) is 10.2 Å². The highest BCUT2D eigenvalue weighted by Crippen LogP contribution is 2.17. The minimum atomic E-state index is -0.229. The summed E-state index contributed by atoms with van der Waals surface area (Å²) in [6, 6.07) is 5.05. The molecule has 1 fully saturated rings. The van der Waals surface area contributed by atoms with Gasteiger partial charge in [0, 0.05) is 51.0 Å². The van der Waals surface area contributed by atoms with Crippen molar-refractivity contribution in [3.05, 3.63) is 47.9 Å². The fourth-order valence-corrected chi connectivity index (χ4v) is 2.70. The van der Waals surface area contributed by atoms with Crippen LogP contribution in [-0.2, 0) is 6.54 Å². The lowest BCUT2D eigenvalue weighted by Gasteiger charge is -2.35. The maximum atomic E-state index is 13.7. The van der Waals surface area contributed by atoms with Crippen LogP contribution in [0.2, 0.25) is 0 Å². The number of pyridine rings is 1. The van der Waals surface area contributed by atoms with Crippen LogP contribution in [0, 0.1) is 5.82 Å². The molecule has 2 aromatic rings. The Morgan fingerprint density at radius 2 is 1.87 bits per heavy atom. The molecule has 2 aromatic heterocycles. The van der Waals surface area contributed by atoms with Gasteiger partial charge in [-0.2, -0.15) is 0 Å². The van der Waals surface area contributed by atoms with E-state index in [2.05, 4.69) is 38.6 Å². The van der Waals surface area contributed by atoms with Gasteiger partial charge in [0.1, 0.15) is 17.5 Å². The van der Waals surface area contributed by atoms with Crippen molar-refractivity contribution in [3.8, 4) is 0 Å². The third-order valence-electron chi connectivity index (χ3n) is 4.08. The molecule has 23 heavy (non-hydrogen) atoms. The van der Waals surface area contributed by atoms with Gasteiger partial charge in [0.2, 0.25) is 0 Å². The van der Waals surface area contributed by atoms with E-state index in [4.69, 9.17) is 0 Å². The van der Waals surface area contributed by atoms with Crippen LogP contribution >= 0.6 is 0 Å². The van der Waals surface area contributed by atoms with Gasteiger partial charge >= 0.3 is 0 Å². The van der Waals surface area contributed by atoms with Crippen molar-refractivity contribution in [1.82, 2.24) is 19.9 Å². The third-order valence-corrected chi connectivity index (χ3v) is 4.08. The number of piperazine rings is 1. The normalized spacial score (nSPS) is 16.1. The number of anilines is 1. The van der Waals surface area contributed by atoms with E-state index in [1.807, 2.05) is 12.3 Å². The molecule has 3 rings (SSSR count). The summed E-state index contributed by atoms with van der Waals surface area (Å²) in [7, 11) is 0. The van der Waals surface area contributed by atoms with Gasteiger partial charge in [0.25, 0.3) is 0 Å². The number of rotatable bonds is 4. The minimum absolute atomic E-state index is 0.229. The van der Waals surface area contributed by atoms with E-state index in [9.17, 15) is 4.39 Å². The molecule has 0 amide bonds. The van der Waals surface area contributed by atoms with Crippen LogP contribution in [0.5, 0.6) is 0 Å². The van der Waals surface area contributed by atoms with Gasteiger partial charge in [0.15, 0.2) is 0 Å². The summed E-state index contributed by atoms with van der Waals surface area (Å²) in [5.74, 6) is 1.95. The maximum Gasteiger partial charge on any atom is 0.146 e. The first kappa shape index (κ1) is 15.8. The first-order valence-corrected chi connectivity index (χ1v) is 8.03. The average molecular weight is 315 g/mol. The molecular weight excluding hydrogens is 293 g/mol. The smallest absolute Gasteiger partial charge is 0.146 e. The van der Waals surface area contributed by atoms with E-state index in [0.717, 1.165) is 37.8 Å². The van der Waals surface area contributed by atoms with Gasteiger partial charge in [-0.05, 0) is 18.2 Å². The van der Waals surface area contributed by atoms with Crippen molar-refractivity contribution in [1.29, 1.82) is 0 Å². The second-order valence-electron chi connectivity index (χ2n) is 6.12. The van der Waals surface area contributed by atoms with E-state index >= 15 is 0 Å². The Bertz CT molecular complexity index is 653. The number of nitrogens with zero attached hydrogens (tertiary/aromatic N) is 5. The predicted octanol–water partition coefficient (Wildman–Crippen LogP) is 2.46. The van der Waals surface area contributed by atoms with Crippen LogP contribution in [0.25, 0.3) is 0 Å². The molecule has 3 heterocycles. The number of halogens is 1. The lowest BCUT2D eigenvalue weighted by atomic mass is 10.2. The Labute approximate surface area is 136 Å². The van der Waals surface area contributed by atoms with Crippen molar-refractivity contribution in [2.24, 2.45) is 0 Å². The Morgan fingerprint density at radius 1 is 1.09 bits per heavy atom. The minimum Gasteiger partial charge on any atom is -0.354 e. The number of hydrogen-bond acceptors (Lipinski definition) is 5. The van der Waals surface area contributed by atoms with E-state index in [1.54, 1.807) is 12.3 Å². The molecule has 1 aliphatic heterocycles. The monoisotopic (exact) mass is 315 g/mol. The third kappa shape index (κ3) is 3.82. The quantitative estimate of drug-likeness (QED) is 0.867. The Hall–Kier alpha value is -2.08. The lowest BCUT2D eigenvalue weighted by Crippen LogP contribution is -2.46. The highest BCUT2D eigenvalue weighted by atomic mass is 19.1. The van der Waals surface area contributed by atoms with Crippen LogP contribution in [0.15, 0.2) is 30.6 Å². The van der Waals surface area contributed by atoms with Crippen molar-refractivity contribution < 1.29 is 4.39 Å². The first-order chi connectivity index (χ1) is 11.1. The predicted molar refractivity (Wildman–Crippen MR) is 87.8 cm³/mol. The van der Waals surface area contributed by atoms with Crippen LogP contribution in [0.1, 0.15) is 31.3 Å². The summed E-state index contributed by atoms with van der Waals surface area (Å²) < 4.78 is 13.7. The molecule has 5 nitrogen and oxygen atoms in total. The summed E-state index contributed by atoms with van der Waals surface area (Å²) in [5.41, 5.74) is 0.519. The van der Waals surface area contributed by atoms with Gasteiger partial charge in [-0.25, -0.2) is 14.4 Å². The Balaban J connectivity index is 1.60. The van der Waals surface area contributed by atoms with E-state index in [1.165, 1.54) is 6.07 Å². The molecule has 1 saturated heterocycles. The summed E-state index contributed by atoms with van der Waals surface area (Å²) >= 11 is 0. The van der Waals surface area contributed by atoms with E-state index in [-0.39, 0.29) is 5.82 Å². The molecule has 0 saturated carbocycles. The molecule has 0 radical (unpaired) electrons. The molecule has 0 atom stereocenters. The lowest BCUT2D eigenvalue weighted by molar-refractivity contribution is 0.243. The number of hydrogen-bond donors (Lipinski definition) is 0. The second-order valence-corrected chi connectivity index (χ2v) is 6.12. The molecule has 6 heteroatoms. The van der Waals surface area contributed by atoms with Crippen molar-refractivity contribution in [2.75, 3.05) is 31.1 Å².